The average Bonchev–Trinajstić information content (AvgIpc) is 3.01. The average molecular weight is 449 g/mol. The number of amidine groups is 1. The fourth-order valence-corrected chi connectivity index (χ4v) is 4.09. The Bertz CT molecular complexity index is 1020. The minimum Gasteiger partial charge on any atom is -0.285 e. The zero-order valence-electron chi connectivity index (χ0n) is 16.3. The smallest absolute Gasteiger partial charge is 0.285 e. The van der Waals surface area contributed by atoms with E-state index in [9.17, 15) is 22.4 Å². The van der Waals surface area contributed by atoms with Gasteiger partial charge in [0, 0.05) is 6.54 Å². The molecule has 2 aromatic carbocycles. The number of carbonyl (C=O) groups is 1. The first-order chi connectivity index (χ1) is 14.7. The predicted octanol–water partition coefficient (Wildman–Crippen LogP) is 5.05. The van der Waals surface area contributed by atoms with Crippen molar-refractivity contribution in [3.63, 3.8) is 0 Å². The molecule has 4 nitrogen and oxygen atoms in total. The Balaban J connectivity index is 1.75. The number of thioether (sulfide) groups is 1. The van der Waals surface area contributed by atoms with Crippen LogP contribution in [0.2, 0.25) is 0 Å². The molecule has 1 atom stereocenters. The molecule has 3 rings (SSSR count). The number of hydrogen-bond donors (Lipinski definition) is 1. The molecular weight excluding hydrogens is 430 g/mol. The lowest BCUT2D eigenvalue weighted by Gasteiger charge is -2.14. The Morgan fingerprint density at radius 3 is 2.58 bits per heavy atom. The molecule has 2 aromatic rings. The lowest BCUT2D eigenvalue weighted by atomic mass is 10.1. The van der Waals surface area contributed by atoms with Gasteiger partial charge in [-0.05, 0) is 47.9 Å². The number of rotatable bonds is 7. The third-order valence-electron chi connectivity index (χ3n) is 4.49. The molecule has 1 amide bonds. The van der Waals surface area contributed by atoms with Gasteiger partial charge in [-0.1, -0.05) is 42.6 Å². The number of amides is 1. The van der Waals surface area contributed by atoms with Gasteiger partial charge in [-0.15, -0.1) is 11.7 Å². The van der Waals surface area contributed by atoms with E-state index in [0.29, 0.717) is 22.0 Å². The first-order valence-corrected chi connectivity index (χ1v) is 10.1. The molecule has 1 heterocycles. The van der Waals surface area contributed by atoms with Gasteiger partial charge in [0.25, 0.3) is 0 Å². The molecule has 0 aliphatic carbocycles. The Morgan fingerprint density at radius 2 is 1.94 bits per heavy atom. The van der Waals surface area contributed by atoms with E-state index in [2.05, 4.69) is 23.7 Å². The van der Waals surface area contributed by atoms with Crippen LogP contribution in [0.1, 0.15) is 16.7 Å². The molecule has 162 valence electrons. The van der Waals surface area contributed by atoms with E-state index in [1.807, 2.05) is 0 Å². The number of nitrogens with zero attached hydrogens (tertiary/aromatic N) is 2. The maximum absolute atomic E-state index is 13.1. The van der Waals surface area contributed by atoms with Crippen LogP contribution in [0.25, 0.3) is 5.70 Å². The summed E-state index contributed by atoms with van der Waals surface area (Å²) >= 11 is 1.15. The molecule has 0 spiro atoms. The van der Waals surface area contributed by atoms with Crippen LogP contribution in [0.5, 0.6) is 0 Å². The second kappa shape index (κ2) is 9.38. The van der Waals surface area contributed by atoms with Crippen molar-refractivity contribution in [1.29, 1.82) is 0 Å². The highest BCUT2D eigenvalue weighted by molar-refractivity contribution is 8.15. The van der Waals surface area contributed by atoms with Gasteiger partial charge in [-0.3, -0.25) is 15.1 Å². The first-order valence-electron chi connectivity index (χ1n) is 9.22. The summed E-state index contributed by atoms with van der Waals surface area (Å²) in [5.41, 5.74) is 3.43. The van der Waals surface area contributed by atoms with Crippen LogP contribution in [0.3, 0.4) is 0 Å². The molecule has 0 aromatic heterocycles. The van der Waals surface area contributed by atoms with Crippen LogP contribution in [0.15, 0.2) is 72.9 Å². The molecule has 0 radical (unpaired) electrons. The van der Waals surface area contributed by atoms with Gasteiger partial charge in [0.05, 0.1) is 16.5 Å². The molecule has 1 aliphatic rings. The van der Waals surface area contributed by atoms with Crippen LogP contribution in [0, 0.1) is 5.82 Å². The SMILES string of the molecule is C=CCN1C(=O)C(Cc2cccc(C(F)(F)F)c2)SC1=NNC(=C)c1ccc(F)cc1. The predicted molar refractivity (Wildman–Crippen MR) is 114 cm³/mol. The maximum atomic E-state index is 13.1. The maximum Gasteiger partial charge on any atom is 0.416 e. The number of halogens is 4. The highest BCUT2D eigenvalue weighted by Crippen LogP contribution is 2.33. The summed E-state index contributed by atoms with van der Waals surface area (Å²) in [5.74, 6) is -0.648. The Morgan fingerprint density at radius 1 is 1.23 bits per heavy atom. The van der Waals surface area contributed by atoms with Crippen molar-refractivity contribution >= 4 is 28.5 Å². The monoisotopic (exact) mass is 449 g/mol. The largest absolute Gasteiger partial charge is 0.416 e. The summed E-state index contributed by atoms with van der Waals surface area (Å²) in [7, 11) is 0. The van der Waals surface area contributed by atoms with E-state index in [-0.39, 0.29) is 24.7 Å². The molecule has 1 saturated heterocycles. The second-order valence-corrected chi connectivity index (χ2v) is 7.91. The van der Waals surface area contributed by atoms with E-state index < -0.39 is 17.0 Å². The zero-order valence-corrected chi connectivity index (χ0v) is 17.1. The van der Waals surface area contributed by atoms with Crippen molar-refractivity contribution < 1.29 is 22.4 Å². The van der Waals surface area contributed by atoms with Crippen LogP contribution in [-0.2, 0) is 17.4 Å². The highest BCUT2D eigenvalue weighted by atomic mass is 32.2. The normalized spacial score (nSPS) is 17.8. The van der Waals surface area contributed by atoms with E-state index in [1.165, 1.54) is 41.3 Å². The highest BCUT2D eigenvalue weighted by Gasteiger charge is 2.38. The standard InChI is InChI=1S/C22H19F4N3OS/c1-3-11-29-20(30)19(13-15-5-4-6-17(12-15)22(24,25)26)31-21(29)28-27-14(2)16-7-9-18(23)10-8-16/h3-10,12,19,27H,1-2,11,13H2. The Labute approximate surface area is 181 Å². The summed E-state index contributed by atoms with van der Waals surface area (Å²) in [6, 6.07) is 10.6. The van der Waals surface area contributed by atoms with Gasteiger partial charge in [0.1, 0.15) is 5.82 Å². The molecule has 0 saturated carbocycles. The van der Waals surface area contributed by atoms with E-state index in [1.54, 1.807) is 6.07 Å². The van der Waals surface area contributed by atoms with Gasteiger partial charge < -0.3 is 0 Å². The van der Waals surface area contributed by atoms with E-state index in [0.717, 1.165) is 23.9 Å². The fourth-order valence-electron chi connectivity index (χ4n) is 2.94. The lowest BCUT2D eigenvalue weighted by Crippen LogP contribution is -2.33. The lowest BCUT2D eigenvalue weighted by molar-refractivity contribution is -0.137. The van der Waals surface area contributed by atoms with Gasteiger partial charge in [-0.25, -0.2) is 4.39 Å². The van der Waals surface area contributed by atoms with Gasteiger partial charge in [0.2, 0.25) is 5.91 Å². The number of benzene rings is 2. The summed E-state index contributed by atoms with van der Waals surface area (Å²) in [6.07, 6.45) is -2.79. The van der Waals surface area contributed by atoms with Gasteiger partial charge >= 0.3 is 6.18 Å². The minimum atomic E-state index is -4.45. The fraction of sp³-hybridized carbons (Fsp3) is 0.182. The number of carbonyl (C=O) groups excluding carboxylic acids is 1. The quantitative estimate of drug-likeness (QED) is 0.366. The van der Waals surface area contributed by atoms with Crippen LogP contribution >= 0.6 is 11.8 Å². The number of alkyl halides is 3. The van der Waals surface area contributed by atoms with Crippen LogP contribution < -0.4 is 5.43 Å². The second-order valence-electron chi connectivity index (χ2n) is 6.74. The van der Waals surface area contributed by atoms with Crippen molar-refractivity contribution in [2.75, 3.05) is 6.54 Å². The minimum absolute atomic E-state index is 0.124. The Kier molecular flexibility index (Phi) is 6.84. The molecule has 9 heteroatoms. The van der Waals surface area contributed by atoms with Gasteiger partial charge in [-0.2, -0.15) is 13.2 Å². The van der Waals surface area contributed by atoms with Crippen molar-refractivity contribution in [1.82, 2.24) is 10.3 Å². The molecule has 1 aliphatic heterocycles. The van der Waals surface area contributed by atoms with Crippen molar-refractivity contribution in [2.45, 2.75) is 17.8 Å². The van der Waals surface area contributed by atoms with Crippen molar-refractivity contribution in [3.8, 4) is 0 Å². The number of hydrazone groups is 1. The topological polar surface area (TPSA) is 44.7 Å². The third-order valence-corrected chi connectivity index (χ3v) is 5.66. The zero-order chi connectivity index (χ0) is 22.6. The van der Waals surface area contributed by atoms with Crippen LogP contribution in [0.4, 0.5) is 17.6 Å². The Hall–Kier alpha value is -3.07. The van der Waals surface area contributed by atoms with E-state index in [4.69, 9.17) is 0 Å². The molecule has 1 unspecified atom stereocenters. The molecule has 31 heavy (non-hydrogen) atoms. The number of hydrogen-bond acceptors (Lipinski definition) is 4. The summed E-state index contributed by atoms with van der Waals surface area (Å²) < 4.78 is 52.0. The molecule has 1 N–H and O–H groups in total. The summed E-state index contributed by atoms with van der Waals surface area (Å²) in [5, 5.41) is 3.96. The first kappa shape index (κ1) is 22.6. The molecular formula is C22H19F4N3OS. The van der Waals surface area contributed by atoms with E-state index >= 15 is 0 Å². The number of nitrogens with one attached hydrogen (secondary N) is 1. The van der Waals surface area contributed by atoms with Gasteiger partial charge in [0.15, 0.2) is 5.17 Å². The molecule has 0 bridgehead atoms. The van der Waals surface area contributed by atoms with Crippen LogP contribution in [-0.4, -0.2) is 27.8 Å². The molecule has 1 fully saturated rings. The van der Waals surface area contributed by atoms with Crippen molar-refractivity contribution in [3.05, 3.63) is 90.3 Å². The summed E-state index contributed by atoms with van der Waals surface area (Å²) in [4.78, 5) is 14.2. The summed E-state index contributed by atoms with van der Waals surface area (Å²) in [6.45, 7) is 7.68. The van der Waals surface area contributed by atoms with Crippen molar-refractivity contribution in [2.24, 2.45) is 5.10 Å². The third kappa shape index (κ3) is 5.55.